The summed E-state index contributed by atoms with van der Waals surface area (Å²) in [6.07, 6.45) is 5.14. The number of ether oxygens (including phenoxy) is 1. The molecule has 5 atom stereocenters. The number of thioether (sulfide) groups is 1. The standard InChI is InChI=1S/C26H45NO4S/c1-17(2)27(18(3)4)12-13-32-16-23(30)31-21-14-25(5,6)22(29)15-26-10-7-8-19(21)24(26)20(28)9-11-26/h17-19,21-22,24,29H,7-16H2,1-6H3/t19?,21-,22+,24?,26?/m1/s1. The Hall–Kier alpha value is -0.590. The molecule has 0 aromatic rings. The lowest BCUT2D eigenvalue weighted by Gasteiger charge is -2.52. The minimum atomic E-state index is -0.469. The summed E-state index contributed by atoms with van der Waals surface area (Å²) in [5.74, 6) is 1.47. The summed E-state index contributed by atoms with van der Waals surface area (Å²) in [4.78, 5) is 28.2. The Labute approximate surface area is 199 Å². The van der Waals surface area contributed by atoms with Gasteiger partial charge in [-0.3, -0.25) is 14.5 Å². The SMILES string of the molecule is CC(C)N(CCSCC(=O)O[C@@H]1CC(C)(C)[C@@H](O)CC23CCCC1C2C(=O)CC3)C(C)C. The van der Waals surface area contributed by atoms with Crippen LogP contribution in [0.3, 0.4) is 0 Å². The minimum absolute atomic E-state index is 0.0434. The molecule has 0 aliphatic heterocycles. The highest BCUT2D eigenvalue weighted by molar-refractivity contribution is 7.99. The third-order valence-electron chi connectivity index (χ3n) is 8.55. The summed E-state index contributed by atoms with van der Waals surface area (Å²) >= 11 is 1.63. The van der Waals surface area contributed by atoms with E-state index in [9.17, 15) is 14.7 Å². The van der Waals surface area contributed by atoms with Crippen molar-refractivity contribution in [3.05, 3.63) is 0 Å². The first-order chi connectivity index (χ1) is 15.0. The molecule has 0 radical (unpaired) electrons. The number of nitrogens with zero attached hydrogens (tertiary/aromatic N) is 1. The third-order valence-corrected chi connectivity index (χ3v) is 9.46. The van der Waals surface area contributed by atoms with Gasteiger partial charge in [-0.2, -0.15) is 0 Å². The highest BCUT2D eigenvalue weighted by atomic mass is 32.2. The first-order valence-electron chi connectivity index (χ1n) is 12.7. The number of aliphatic hydroxyl groups excluding tert-OH is 1. The van der Waals surface area contributed by atoms with E-state index < -0.39 is 6.10 Å². The van der Waals surface area contributed by atoms with Gasteiger partial charge in [-0.15, -0.1) is 11.8 Å². The van der Waals surface area contributed by atoms with Crippen LogP contribution in [0.5, 0.6) is 0 Å². The molecule has 32 heavy (non-hydrogen) atoms. The number of ketones is 1. The number of hydrogen-bond donors (Lipinski definition) is 1. The molecule has 5 nitrogen and oxygen atoms in total. The quantitative estimate of drug-likeness (QED) is 0.412. The summed E-state index contributed by atoms with van der Waals surface area (Å²) in [6, 6.07) is 0.975. The van der Waals surface area contributed by atoms with Gasteiger partial charge < -0.3 is 9.84 Å². The van der Waals surface area contributed by atoms with Gasteiger partial charge in [0.2, 0.25) is 0 Å². The first kappa shape index (κ1) is 26.0. The van der Waals surface area contributed by atoms with E-state index in [1.54, 1.807) is 11.8 Å². The zero-order valence-electron chi connectivity index (χ0n) is 21.1. The Bertz CT molecular complexity index is 671. The number of Topliss-reactive ketones (excluding diaryl/α,β-unsaturated/α-hetero) is 1. The summed E-state index contributed by atoms with van der Waals surface area (Å²) in [5, 5.41) is 11.1. The Balaban J connectivity index is 1.65. The molecule has 3 rings (SSSR count). The Kier molecular flexibility index (Phi) is 8.42. The molecule has 0 saturated heterocycles. The lowest BCUT2D eigenvalue weighted by atomic mass is 9.55. The summed E-state index contributed by atoms with van der Waals surface area (Å²) in [5.41, 5.74) is -0.417. The Morgan fingerprint density at radius 3 is 2.53 bits per heavy atom. The van der Waals surface area contributed by atoms with Crippen LogP contribution in [0.25, 0.3) is 0 Å². The monoisotopic (exact) mass is 467 g/mol. The zero-order valence-corrected chi connectivity index (χ0v) is 21.9. The molecule has 3 saturated carbocycles. The van der Waals surface area contributed by atoms with Gasteiger partial charge >= 0.3 is 5.97 Å². The molecule has 3 fully saturated rings. The maximum atomic E-state index is 12.9. The van der Waals surface area contributed by atoms with Crippen LogP contribution in [0.15, 0.2) is 0 Å². The molecule has 184 valence electrons. The van der Waals surface area contributed by atoms with Crippen LogP contribution in [0.2, 0.25) is 0 Å². The van der Waals surface area contributed by atoms with Crippen molar-refractivity contribution in [1.29, 1.82) is 0 Å². The van der Waals surface area contributed by atoms with Crippen molar-refractivity contribution in [2.45, 2.75) is 111 Å². The highest BCUT2D eigenvalue weighted by Gasteiger charge is 2.58. The molecule has 3 aliphatic rings. The molecular formula is C26H45NO4S. The van der Waals surface area contributed by atoms with Crippen molar-refractivity contribution in [3.8, 4) is 0 Å². The van der Waals surface area contributed by atoms with Crippen LogP contribution < -0.4 is 0 Å². The van der Waals surface area contributed by atoms with Gasteiger partial charge in [0.05, 0.1) is 11.9 Å². The van der Waals surface area contributed by atoms with Crippen molar-refractivity contribution in [2.24, 2.45) is 22.7 Å². The van der Waals surface area contributed by atoms with E-state index in [-0.39, 0.29) is 34.7 Å². The average molecular weight is 468 g/mol. The molecule has 1 N–H and O–H groups in total. The Morgan fingerprint density at radius 2 is 1.88 bits per heavy atom. The first-order valence-corrected chi connectivity index (χ1v) is 13.9. The van der Waals surface area contributed by atoms with Crippen molar-refractivity contribution >= 4 is 23.5 Å². The predicted octanol–water partition coefficient (Wildman–Crippen LogP) is 4.70. The summed E-state index contributed by atoms with van der Waals surface area (Å²) < 4.78 is 6.12. The van der Waals surface area contributed by atoms with Gasteiger partial charge in [0.1, 0.15) is 11.9 Å². The van der Waals surface area contributed by atoms with Crippen molar-refractivity contribution in [1.82, 2.24) is 4.90 Å². The summed E-state index contributed by atoms with van der Waals surface area (Å²) in [7, 11) is 0. The average Bonchev–Trinajstić information content (AvgIpc) is 3.02. The van der Waals surface area contributed by atoms with E-state index in [1.165, 1.54) is 0 Å². The van der Waals surface area contributed by atoms with Crippen molar-refractivity contribution < 1.29 is 19.4 Å². The van der Waals surface area contributed by atoms with E-state index >= 15 is 0 Å². The second-order valence-corrected chi connectivity index (χ2v) is 12.9. The van der Waals surface area contributed by atoms with E-state index in [1.807, 2.05) is 0 Å². The zero-order chi connectivity index (χ0) is 23.7. The molecule has 0 amide bonds. The highest BCUT2D eigenvalue weighted by Crippen LogP contribution is 2.59. The molecule has 6 heteroatoms. The largest absolute Gasteiger partial charge is 0.461 e. The second-order valence-electron chi connectivity index (χ2n) is 11.8. The molecule has 0 heterocycles. The predicted molar refractivity (Wildman–Crippen MR) is 131 cm³/mol. The fourth-order valence-corrected chi connectivity index (χ4v) is 7.54. The fraction of sp³-hybridized carbons (Fsp3) is 0.923. The maximum absolute atomic E-state index is 12.9. The van der Waals surface area contributed by atoms with Crippen molar-refractivity contribution in [2.75, 3.05) is 18.1 Å². The van der Waals surface area contributed by atoms with Crippen LogP contribution in [0, 0.1) is 22.7 Å². The van der Waals surface area contributed by atoms with Crippen molar-refractivity contribution in [3.63, 3.8) is 0 Å². The van der Waals surface area contributed by atoms with Gasteiger partial charge in [-0.1, -0.05) is 20.3 Å². The fourth-order valence-electron chi connectivity index (χ4n) is 6.82. The van der Waals surface area contributed by atoms with Crippen LogP contribution >= 0.6 is 11.8 Å². The van der Waals surface area contributed by atoms with Gasteiger partial charge in [0, 0.05) is 42.6 Å². The molecule has 0 aromatic heterocycles. The van der Waals surface area contributed by atoms with Gasteiger partial charge in [0.25, 0.3) is 0 Å². The summed E-state index contributed by atoms with van der Waals surface area (Å²) in [6.45, 7) is 14.0. The Morgan fingerprint density at radius 1 is 1.19 bits per heavy atom. The van der Waals surface area contributed by atoms with Gasteiger partial charge in [0.15, 0.2) is 0 Å². The lowest BCUT2D eigenvalue weighted by molar-refractivity contribution is -0.166. The van der Waals surface area contributed by atoms with E-state index in [0.29, 0.717) is 42.9 Å². The van der Waals surface area contributed by atoms with E-state index in [2.05, 4.69) is 46.4 Å². The molecule has 2 bridgehead atoms. The lowest BCUT2D eigenvalue weighted by Crippen LogP contribution is -2.52. The molecule has 3 unspecified atom stereocenters. The number of carbonyl (C=O) groups excluding carboxylic acids is 2. The third kappa shape index (κ3) is 5.55. The van der Waals surface area contributed by atoms with Crippen LogP contribution in [0.4, 0.5) is 0 Å². The van der Waals surface area contributed by atoms with Crippen LogP contribution in [-0.4, -0.2) is 64.1 Å². The maximum Gasteiger partial charge on any atom is 0.316 e. The molecule has 0 aromatic carbocycles. The number of carbonyl (C=O) groups is 2. The number of hydrogen-bond acceptors (Lipinski definition) is 6. The van der Waals surface area contributed by atoms with E-state index in [0.717, 1.165) is 38.0 Å². The second kappa shape index (κ2) is 10.4. The topological polar surface area (TPSA) is 66.8 Å². The van der Waals surface area contributed by atoms with Gasteiger partial charge in [-0.05, 0) is 70.6 Å². The minimum Gasteiger partial charge on any atom is -0.461 e. The van der Waals surface area contributed by atoms with Crippen LogP contribution in [0.1, 0.15) is 86.5 Å². The number of rotatable bonds is 8. The van der Waals surface area contributed by atoms with Gasteiger partial charge in [-0.25, -0.2) is 0 Å². The van der Waals surface area contributed by atoms with Crippen LogP contribution in [-0.2, 0) is 14.3 Å². The smallest absolute Gasteiger partial charge is 0.316 e. The number of esters is 1. The molecule has 0 spiro atoms. The normalized spacial score (nSPS) is 34.5. The van der Waals surface area contributed by atoms with E-state index in [4.69, 9.17) is 4.74 Å². The molecular weight excluding hydrogens is 422 g/mol. The molecule has 3 aliphatic carbocycles. The number of aliphatic hydroxyl groups is 1.